The second kappa shape index (κ2) is 16.3. The number of benzene rings is 5. The largest absolute Gasteiger partial charge is 2.00 e. The number of hydrogen-bond donors (Lipinski definition) is 0. The molecule has 314 valence electrons. The summed E-state index contributed by atoms with van der Waals surface area (Å²) in [6.07, 6.45) is 27.5. The Morgan fingerprint density at radius 2 is 0.892 bits per heavy atom. The topological polar surface area (TPSA) is 52.9 Å². The summed E-state index contributed by atoms with van der Waals surface area (Å²) in [5, 5.41) is 8.27. The van der Waals surface area contributed by atoms with Crippen molar-refractivity contribution in [3.63, 3.8) is 0 Å². The molecule has 1 saturated heterocycles. The molecule has 4 aliphatic carbocycles. The molecular weight excluding hydrogens is 972 g/mol. The van der Waals surface area contributed by atoms with Gasteiger partial charge in [0.05, 0.1) is 17.5 Å². The van der Waals surface area contributed by atoms with Gasteiger partial charge in [-0.25, -0.2) is 0 Å². The summed E-state index contributed by atoms with van der Waals surface area (Å²) in [6.45, 7) is 0. The first-order valence-electron chi connectivity index (χ1n) is 22.7. The van der Waals surface area contributed by atoms with Crippen LogP contribution in [0.4, 0.5) is 0 Å². The van der Waals surface area contributed by atoms with E-state index < -0.39 is 0 Å². The summed E-state index contributed by atoms with van der Waals surface area (Å²) in [5.41, 5.74) is 15.2. The van der Waals surface area contributed by atoms with Gasteiger partial charge < -0.3 is 10.3 Å². The van der Waals surface area contributed by atoms with Crippen LogP contribution < -0.4 is 4.98 Å². The van der Waals surface area contributed by atoms with Crippen molar-refractivity contribution in [3.8, 4) is 0 Å². The van der Waals surface area contributed by atoms with Crippen LogP contribution in [0.3, 0.4) is 0 Å². The summed E-state index contributed by atoms with van der Waals surface area (Å²) in [4.78, 5) is 18.0. The molecule has 4 heterocycles. The molecule has 0 amide bonds. The molecule has 4 nitrogen and oxygen atoms in total. The van der Waals surface area contributed by atoms with Gasteiger partial charge in [-0.1, -0.05) is 219 Å². The van der Waals surface area contributed by atoms with E-state index in [0.717, 1.165) is 84.1 Å². The molecule has 1 fully saturated rings. The molecule has 0 radical (unpaired) electrons. The van der Waals surface area contributed by atoms with Crippen LogP contribution in [0, 0.1) is 35.5 Å². The molecule has 0 spiro atoms. The molecular formula is C60H44N4Pt. The molecule has 5 heteroatoms. The van der Waals surface area contributed by atoms with Gasteiger partial charge in [0.15, 0.2) is 0 Å². The van der Waals surface area contributed by atoms with Crippen LogP contribution in [0.5, 0.6) is 0 Å². The minimum Gasteiger partial charge on any atom is -0.663 e. The summed E-state index contributed by atoms with van der Waals surface area (Å²) in [7, 11) is 0. The van der Waals surface area contributed by atoms with E-state index in [-0.39, 0.29) is 68.5 Å². The maximum atomic E-state index is 6.07. The zero-order chi connectivity index (χ0) is 42.1. The second-order valence-corrected chi connectivity index (χ2v) is 17.8. The molecule has 7 aliphatic rings. The summed E-state index contributed by atoms with van der Waals surface area (Å²) < 4.78 is 0. The SMILES string of the molecule is C1=CC2C3=NC(=C(/c4ccccc4)c4[n-]c(c5ccccc45)C(c4ccccc4)C4N=C(/C(c5ccccc5)=C5\[N-]/C(=C\3c3ccccc3)C3C=CC=CC53)C3C=CC=CC34)/C2C=C1.[Pt+2]. The maximum Gasteiger partial charge on any atom is 2.00 e. The van der Waals surface area contributed by atoms with E-state index >= 15 is 0 Å². The number of nitrogens with zero attached hydrogens (tertiary/aromatic N) is 4. The van der Waals surface area contributed by atoms with Crippen molar-refractivity contribution in [3.05, 3.63) is 275 Å². The quantitative estimate of drug-likeness (QED) is 0.174. The Kier molecular flexibility index (Phi) is 9.95. The van der Waals surface area contributed by atoms with Crippen LogP contribution in [0.25, 0.3) is 32.8 Å². The monoisotopic (exact) mass is 1020 g/mol. The first kappa shape index (κ1) is 39.7. The van der Waals surface area contributed by atoms with E-state index in [4.69, 9.17) is 20.3 Å². The molecule has 8 unspecified atom stereocenters. The zero-order valence-corrected chi connectivity index (χ0v) is 37.8. The fraction of sp³-hybridized carbons (Fsp3) is 0.133. The van der Waals surface area contributed by atoms with Gasteiger partial charge in [0.1, 0.15) is 0 Å². The minimum absolute atomic E-state index is 0. The van der Waals surface area contributed by atoms with E-state index in [1.807, 2.05) is 0 Å². The Hall–Kier alpha value is -6.87. The average molecular weight is 1020 g/mol. The van der Waals surface area contributed by atoms with Crippen LogP contribution in [0.1, 0.15) is 39.6 Å². The van der Waals surface area contributed by atoms with E-state index in [1.165, 1.54) is 5.56 Å². The number of hydrogen-bond acceptors (Lipinski definition) is 2. The van der Waals surface area contributed by atoms with Crippen molar-refractivity contribution >= 4 is 38.9 Å². The molecule has 8 atom stereocenters. The average Bonchev–Trinajstić information content (AvgIpc) is 4.14. The van der Waals surface area contributed by atoms with Gasteiger partial charge in [-0.3, -0.25) is 9.98 Å². The summed E-state index contributed by atoms with van der Waals surface area (Å²) in [5.74, 6) is -0.00179. The standard InChI is InChI=1S/C60H44N4.Pt/c1-5-21-37(22-6-1)49-53-41-29-13-15-31-43(41)55(61-53)50(38-23-7-2-8-24-38)57-45-33-17-19-35-47(45)59(63-57)52(40-27-11-4-12-28-40)60-48-36-20-18-34-46(48)58(64-60)51(39-25-9-3-10-26-39)56-44-32-16-14-30-42(44)54(49)62-56;/h1-36,41-45,47,51,56H;/q-2;+2/b53-49-,55-50-,59-52-;. The Labute approximate surface area is 394 Å². The molecule has 13 rings (SSSR count). The third-order valence-corrected chi connectivity index (χ3v) is 14.4. The first-order chi connectivity index (χ1) is 31.8. The normalized spacial score (nSPS) is 30.0. The number of rotatable bonds is 4. The Bertz CT molecular complexity index is 3210. The molecule has 0 saturated carbocycles. The fourth-order valence-corrected chi connectivity index (χ4v) is 11.6. The van der Waals surface area contributed by atoms with Gasteiger partial charge in [0.2, 0.25) is 0 Å². The molecule has 6 aromatic rings. The maximum absolute atomic E-state index is 6.07. The summed E-state index contributed by atoms with van der Waals surface area (Å²) in [6, 6.07) is 52.4. The van der Waals surface area contributed by atoms with Crippen LogP contribution >= 0.6 is 0 Å². The third kappa shape index (κ3) is 6.37. The number of allylic oxidation sites excluding steroid dienone is 13. The van der Waals surface area contributed by atoms with Gasteiger partial charge in [-0.15, -0.1) is 22.8 Å². The molecule has 0 N–H and O–H groups in total. The minimum atomic E-state index is -0.143. The predicted molar refractivity (Wildman–Crippen MR) is 263 cm³/mol. The van der Waals surface area contributed by atoms with Crippen LogP contribution in [0.2, 0.25) is 0 Å². The number of aliphatic imine (C=N–C) groups is 2. The van der Waals surface area contributed by atoms with Crippen molar-refractivity contribution in [1.29, 1.82) is 0 Å². The van der Waals surface area contributed by atoms with Crippen molar-refractivity contribution in [2.24, 2.45) is 45.5 Å². The molecule has 65 heavy (non-hydrogen) atoms. The van der Waals surface area contributed by atoms with Crippen molar-refractivity contribution in [2.45, 2.75) is 12.0 Å². The predicted octanol–water partition coefficient (Wildman–Crippen LogP) is 13.3. The third-order valence-electron chi connectivity index (χ3n) is 14.4. The van der Waals surface area contributed by atoms with Gasteiger partial charge in [-0.05, 0) is 61.6 Å². The summed E-state index contributed by atoms with van der Waals surface area (Å²) >= 11 is 0. The van der Waals surface area contributed by atoms with E-state index in [0.29, 0.717) is 0 Å². The second-order valence-electron chi connectivity index (χ2n) is 17.8. The Morgan fingerprint density at radius 1 is 0.415 bits per heavy atom. The van der Waals surface area contributed by atoms with Crippen LogP contribution in [-0.4, -0.2) is 17.5 Å². The van der Waals surface area contributed by atoms with Crippen LogP contribution in [0.15, 0.2) is 246 Å². The van der Waals surface area contributed by atoms with E-state index in [2.05, 4.69) is 219 Å². The van der Waals surface area contributed by atoms with Crippen molar-refractivity contribution in [2.75, 3.05) is 0 Å². The zero-order valence-electron chi connectivity index (χ0n) is 35.5. The van der Waals surface area contributed by atoms with E-state index in [9.17, 15) is 0 Å². The van der Waals surface area contributed by atoms with Crippen molar-refractivity contribution < 1.29 is 21.1 Å². The van der Waals surface area contributed by atoms with E-state index in [1.54, 1.807) is 0 Å². The smallest absolute Gasteiger partial charge is 0.663 e. The number of aromatic nitrogens is 1. The fourth-order valence-electron chi connectivity index (χ4n) is 11.6. The molecule has 3 aliphatic heterocycles. The molecule has 1 aromatic heterocycles. The van der Waals surface area contributed by atoms with Crippen molar-refractivity contribution in [1.82, 2.24) is 4.98 Å². The van der Waals surface area contributed by atoms with Crippen LogP contribution in [-0.2, 0) is 21.1 Å². The Morgan fingerprint density at radius 3 is 1.51 bits per heavy atom. The van der Waals surface area contributed by atoms with Gasteiger partial charge in [0, 0.05) is 35.3 Å². The molecule has 8 bridgehead atoms. The van der Waals surface area contributed by atoms with Gasteiger partial charge in [-0.2, -0.15) is 0 Å². The first-order valence-corrected chi connectivity index (χ1v) is 22.7. The Balaban J connectivity index is 0.00000444. The van der Waals surface area contributed by atoms with Gasteiger partial charge in [0.25, 0.3) is 0 Å². The molecule has 5 aromatic carbocycles. The van der Waals surface area contributed by atoms with Gasteiger partial charge >= 0.3 is 21.1 Å².